The fraction of sp³-hybridized carbons (Fsp3) is 0.462. The van der Waals surface area contributed by atoms with Crippen molar-refractivity contribution in [1.82, 2.24) is 10.3 Å². The van der Waals surface area contributed by atoms with Crippen LogP contribution in [-0.2, 0) is 4.74 Å². The molecule has 0 radical (unpaired) electrons. The topological polar surface area (TPSA) is 47.3 Å². The van der Waals surface area contributed by atoms with E-state index < -0.39 is 5.82 Å². The van der Waals surface area contributed by atoms with Gasteiger partial charge in [0.25, 0.3) is 0 Å². The summed E-state index contributed by atoms with van der Waals surface area (Å²) < 4.78 is 24.5. The normalized spacial score (nSPS) is 23.3. The monoisotopic (exact) mass is 284 g/mol. The van der Waals surface area contributed by atoms with Crippen LogP contribution in [0.15, 0.2) is 16.5 Å². The maximum atomic E-state index is 13.4. The lowest BCUT2D eigenvalue weighted by Gasteiger charge is -2.14. The van der Waals surface area contributed by atoms with Gasteiger partial charge in [-0.1, -0.05) is 18.5 Å². The predicted octanol–water partition coefficient (Wildman–Crippen LogP) is 2.71. The van der Waals surface area contributed by atoms with Gasteiger partial charge in [-0.3, -0.25) is 0 Å². The van der Waals surface area contributed by atoms with Crippen LogP contribution in [-0.4, -0.2) is 30.8 Å². The van der Waals surface area contributed by atoms with Gasteiger partial charge in [0.05, 0.1) is 24.2 Å². The van der Waals surface area contributed by atoms with E-state index in [1.807, 2.05) is 6.92 Å². The molecule has 4 nitrogen and oxygen atoms in total. The molecule has 0 amide bonds. The lowest BCUT2D eigenvalue weighted by atomic mass is 10.0. The summed E-state index contributed by atoms with van der Waals surface area (Å²) in [6.45, 7) is 4.08. The van der Waals surface area contributed by atoms with E-state index in [1.54, 1.807) is 0 Å². The molecule has 1 aromatic heterocycles. The van der Waals surface area contributed by atoms with Crippen LogP contribution in [0.25, 0.3) is 11.1 Å². The van der Waals surface area contributed by atoms with Crippen LogP contribution in [0, 0.1) is 5.82 Å². The molecule has 0 aliphatic carbocycles. The van der Waals surface area contributed by atoms with E-state index in [0.717, 1.165) is 6.54 Å². The van der Waals surface area contributed by atoms with Gasteiger partial charge in [-0.15, -0.1) is 0 Å². The van der Waals surface area contributed by atoms with Crippen LogP contribution in [0.2, 0.25) is 5.02 Å². The van der Waals surface area contributed by atoms with Gasteiger partial charge in [0.1, 0.15) is 11.3 Å². The first-order valence-electron chi connectivity index (χ1n) is 6.25. The van der Waals surface area contributed by atoms with Crippen molar-refractivity contribution in [2.24, 2.45) is 0 Å². The van der Waals surface area contributed by atoms with Crippen molar-refractivity contribution in [1.29, 1.82) is 0 Å². The van der Waals surface area contributed by atoms with Gasteiger partial charge in [-0.05, 0) is 12.6 Å². The smallest absolute Gasteiger partial charge is 0.202 e. The van der Waals surface area contributed by atoms with E-state index in [0.29, 0.717) is 30.2 Å². The number of oxazole rings is 1. The van der Waals surface area contributed by atoms with Crippen LogP contribution in [0.1, 0.15) is 18.7 Å². The second kappa shape index (κ2) is 5.07. The zero-order chi connectivity index (χ0) is 13.4. The minimum Gasteiger partial charge on any atom is -0.440 e. The Morgan fingerprint density at radius 3 is 3.11 bits per heavy atom. The average Bonchev–Trinajstić information content (AvgIpc) is 2.96. The van der Waals surface area contributed by atoms with Crippen molar-refractivity contribution >= 4 is 22.7 Å². The van der Waals surface area contributed by atoms with E-state index >= 15 is 0 Å². The van der Waals surface area contributed by atoms with Gasteiger partial charge in [0, 0.05) is 12.1 Å². The molecule has 1 aromatic carbocycles. The van der Waals surface area contributed by atoms with Crippen molar-refractivity contribution in [2.45, 2.75) is 18.9 Å². The van der Waals surface area contributed by atoms with Gasteiger partial charge in [-0.2, -0.15) is 0 Å². The largest absolute Gasteiger partial charge is 0.440 e. The van der Waals surface area contributed by atoms with Crippen LogP contribution in [0.4, 0.5) is 4.39 Å². The number of hydrogen-bond acceptors (Lipinski definition) is 4. The van der Waals surface area contributed by atoms with Crippen molar-refractivity contribution in [3.63, 3.8) is 0 Å². The Hall–Kier alpha value is -1.17. The third-order valence-electron chi connectivity index (χ3n) is 3.31. The van der Waals surface area contributed by atoms with Crippen LogP contribution >= 0.6 is 11.6 Å². The summed E-state index contributed by atoms with van der Waals surface area (Å²) in [5.41, 5.74) is 0.989. The molecule has 19 heavy (non-hydrogen) atoms. The van der Waals surface area contributed by atoms with Crippen molar-refractivity contribution in [2.75, 3.05) is 19.8 Å². The SMILES string of the molecule is CCNC1COCC1c1nc2cc(Cl)c(F)cc2o1. The summed E-state index contributed by atoms with van der Waals surface area (Å²) in [6.07, 6.45) is 0. The fourth-order valence-electron chi connectivity index (χ4n) is 2.36. The summed E-state index contributed by atoms with van der Waals surface area (Å²) in [5.74, 6) is 0.122. The Kier molecular flexibility index (Phi) is 3.43. The molecule has 2 aromatic rings. The minimum atomic E-state index is -0.497. The number of halogens is 2. The first-order chi connectivity index (χ1) is 9.19. The van der Waals surface area contributed by atoms with Gasteiger partial charge >= 0.3 is 0 Å². The molecule has 3 rings (SSSR count). The Bertz CT molecular complexity index is 563. The molecule has 2 heterocycles. The number of benzene rings is 1. The van der Waals surface area contributed by atoms with Gasteiger partial charge in [0.15, 0.2) is 5.58 Å². The Labute approximate surface area is 114 Å². The molecule has 2 atom stereocenters. The molecule has 2 unspecified atom stereocenters. The molecule has 1 saturated heterocycles. The summed E-state index contributed by atoms with van der Waals surface area (Å²) in [6, 6.07) is 2.93. The van der Waals surface area contributed by atoms with E-state index in [1.165, 1.54) is 12.1 Å². The van der Waals surface area contributed by atoms with Crippen LogP contribution < -0.4 is 5.32 Å². The Morgan fingerprint density at radius 2 is 2.32 bits per heavy atom. The summed E-state index contributed by atoms with van der Waals surface area (Å²) in [7, 11) is 0. The van der Waals surface area contributed by atoms with E-state index in [2.05, 4.69) is 10.3 Å². The molecule has 102 valence electrons. The van der Waals surface area contributed by atoms with Crippen molar-refractivity contribution in [3.05, 3.63) is 28.9 Å². The number of ether oxygens (including phenoxy) is 1. The second-order valence-electron chi connectivity index (χ2n) is 4.59. The van der Waals surface area contributed by atoms with Crippen molar-refractivity contribution < 1.29 is 13.5 Å². The second-order valence-corrected chi connectivity index (χ2v) is 5.00. The number of fused-ring (bicyclic) bond motifs is 1. The Morgan fingerprint density at radius 1 is 1.47 bits per heavy atom. The first kappa shape index (κ1) is 12.8. The summed E-state index contributed by atoms with van der Waals surface area (Å²) >= 11 is 5.74. The van der Waals surface area contributed by atoms with E-state index in [4.69, 9.17) is 20.8 Å². The van der Waals surface area contributed by atoms with E-state index in [9.17, 15) is 4.39 Å². The molecular formula is C13H14ClFN2O2. The molecule has 6 heteroatoms. The van der Waals surface area contributed by atoms with E-state index in [-0.39, 0.29) is 17.0 Å². The average molecular weight is 285 g/mol. The summed E-state index contributed by atoms with van der Waals surface area (Å²) in [4.78, 5) is 4.39. The minimum absolute atomic E-state index is 0.0502. The molecule has 0 bridgehead atoms. The maximum absolute atomic E-state index is 13.4. The maximum Gasteiger partial charge on any atom is 0.202 e. The molecule has 1 aliphatic rings. The molecule has 0 spiro atoms. The fourth-order valence-corrected chi connectivity index (χ4v) is 2.52. The quantitative estimate of drug-likeness (QED) is 0.941. The first-order valence-corrected chi connectivity index (χ1v) is 6.63. The number of likely N-dealkylation sites (N-methyl/N-ethyl adjacent to an activating group) is 1. The molecule has 0 saturated carbocycles. The van der Waals surface area contributed by atoms with Crippen LogP contribution in [0.5, 0.6) is 0 Å². The molecule has 1 fully saturated rings. The third kappa shape index (κ3) is 2.33. The Balaban J connectivity index is 1.96. The standard InChI is InChI=1S/C13H14ClFN2O2/c1-2-16-11-6-18-5-7(11)13-17-10-3-8(14)9(15)4-12(10)19-13/h3-4,7,11,16H,2,5-6H2,1H3. The third-order valence-corrected chi connectivity index (χ3v) is 3.60. The van der Waals surface area contributed by atoms with Crippen molar-refractivity contribution in [3.8, 4) is 0 Å². The van der Waals surface area contributed by atoms with Crippen LogP contribution in [0.3, 0.4) is 0 Å². The zero-order valence-electron chi connectivity index (χ0n) is 10.5. The zero-order valence-corrected chi connectivity index (χ0v) is 11.2. The van der Waals surface area contributed by atoms with Gasteiger partial charge in [0.2, 0.25) is 5.89 Å². The lowest BCUT2D eigenvalue weighted by molar-refractivity contribution is 0.186. The number of rotatable bonds is 3. The number of hydrogen-bond donors (Lipinski definition) is 1. The van der Waals surface area contributed by atoms with Gasteiger partial charge < -0.3 is 14.5 Å². The highest BCUT2D eigenvalue weighted by Crippen LogP contribution is 2.30. The lowest BCUT2D eigenvalue weighted by Crippen LogP contribution is -2.34. The molecular weight excluding hydrogens is 271 g/mol. The van der Waals surface area contributed by atoms with Gasteiger partial charge in [-0.25, -0.2) is 9.37 Å². The number of nitrogens with one attached hydrogen (secondary N) is 1. The highest BCUT2D eigenvalue weighted by Gasteiger charge is 2.32. The summed E-state index contributed by atoms with van der Waals surface area (Å²) in [5, 5.41) is 3.39. The number of nitrogens with zero attached hydrogens (tertiary/aromatic N) is 1. The highest BCUT2D eigenvalue weighted by molar-refractivity contribution is 6.31. The molecule has 1 N–H and O–H groups in total. The molecule has 1 aliphatic heterocycles. The predicted molar refractivity (Wildman–Crippen MR) is 70.0 cm³/mol. The highest BCUT2D eigenvalue weighted by atomic mass is 35.5. The number of aromatic nitrogens is 1.